The molecule has 25 heavy (non-hydrogen) atoms. The molecule has 2 N–H and O–H groups in total. The second-order valence-corrected chi connectivity index (χ2v) is 5.34. The van der Waals surface area contributed by atoms with Crippen molar-refractivity contribution in [3.8, 4) is 5.75 Å². The van der Waals surface area contributed by atoms with Gasteiger partial charge in [0.25, 0.3) is 5.69 Å². The number of rotatable bonds is 5. The summed E-state index contributed by atoms with van der Waals surface area (Å²) in [4.78, 5) is 34.0. The number of nitro groups is 1. The largest absolute Gasteiger partial charge is 0.494 e. The predicted octanol–water partition coefficient (Wildman–Crippen LogP) is 2.51. The van der Waals surface area contributed by atoms with Crippen LogP contribution in [-0.2, 0) is 16.1 Å². The van der Waals surface area contributed by atoms with Crippen molar-refractivity contribution in [1.82, 2.24) is 5.32 Å². The van der Waals surface area contributed by atoms with E-state index in [0.29, 0.717) is 5.02 Å². The lowest BCUT2D eigenvalue weighted by Gasteiger charge is -2.10. The van der Waals surface area contributed by atoms with Crippen LogP contribution in [0.15, 0.2) is 42.5 Å². The Labute approximate surface area is 147 Å². The minimum atomic E-state index is -0.916. The fraction of sp³-hybridized carbons (Fsp3) is 0.125. The molecule has 8 nitrogen and oxygen atoms in total. The van der Waals surface area contributed by atoms with E-state index in [0.717, 1.165) is 11.6 Å². The van der Waals surface area contributed by atoms with Gasteiger partial charge < -0.3 is 15.4 Å². The standard InChI is InChI=1S/C16H14ClN3O5/c1-25-14-8-12(20(23)24)6-7-13(14)19-16(22)15(21)18-9-10-2-4-11(17)5-3-10/h2-8H,9H2,1H3,(H,18,21)(H,19,22). The summed E-state index contributed by atoms with van der Waals surface area (Å²) in [7, 11) is 1.30. The van der Waals surface area contributed by atoms with Crippen LogP contribution < -0.4 is 15.4 Å². The number of hydrogen-bond donors (Lipinski definition) is 2. The molecule has 0 aliphatic heterocycles. The maximum Gasteiger partial charge on any atom is 0.313 e. The quantitative estimate of drug-likeness (QED) is 0.481. The first-order valence-electron chi connectivity index (χ1n) is 7.06. The molecule has 2 amide bonds. The highest BCUT2D eigenvalue weighted by Gasteiger charge is 2.17. The number of anilines is 1. The van der Waals surface area contributed by atoms with Gasteiger partial charge in [0.2, 0.25) is 0 Å². The third-order valence-electron chi connectivity index (χ3n) is 3.22. The van der Waals surface area contributed by atoms with E-state index in [1.807, 2.05) is 0 Å². The second-order valence-electron chi connectivity index (χ2n) is 4.90. The van der Waals surface area contributed by atoms with E-state index in [1.54, 1.807) is 24.3 Å². The molecule has 0 atom stereocenters. The van der Waals surface area contributed by atoms with E-state index < -0.39 is 16.7 Å². The van der Waals surface area contributed by atoms with Crippen LogP contribution in [0.4, 0.5) is 11.4 Å². The number of methoxy groups -OCH3 is 1. The number of carbonyl (C=O) groups is 2. The fourth-order valence-electron chi connectivity index (χ4n) is 1.94. The van der Waals surface area contributed by atoms with Gasteiger partial charge in [-0.2, -0.15) is 0 Å². The lowest BCUT2D eigenvalue weighted by Crippen LogP contribution is -2.35. The van der Waals surface area contributed by atoms with Gasteiger partial charge in [-0.3, -0.25) is 19.7 Å². The fourth-order valence-corrected chi connectivity index (χ4v) is 2.07. The number of halogens is 1. The van der Waals surface area contributed by atoms with Gasteiger partial charge in [0.15, 0.2) is 0 Å². The molecule has 0 aromatic heterocycles. The van der Waals surface area contributed by atoms with E-state index in [2.05, 4.69) is 10.6 Å². The van der Waals surface area contributed by atoms with E-state index in [9.17, 15) is 19.7 Å². The number of nitrogens with zero attached hydrogens (tertiary/aromatic N) is 1. The van der Waals surface area contributed by atoms with Crippen molar-refractivity contribution in [2.75, 3.05) is 12.4 Å². The zero-order chi connectivity index (χ0) is 18.4. The summed E-state index contributed by atoms with van der Waals surface area (Å²) in [6, 6.07) is 10.4. The average molecular weight is 364 g/mol. The molecule has 0 saturated carbocycles. The summed E-state index contributed by atoms with van der Waals surface area (Å²) in [6.07, 6.45) is 0. The van der Waals surface area contributed by atoms with Crippen molar-refractivity contribution in [1.29, 1.82) is 0 Å². The number of non-ortho nitro benzene ring substituents is 1. The van der Waals surface area contributed by atoms with Crippen LogP contribution in [0.5, 0.6) is 5.75 Å². The van der Waals surface area contributed by atoms with Gasteiger partial charge in [0.1, 0.15) is 5.75 Å². The Balaban J connectivity index is 1.99. The molecular weight excluding hydrogens is 350 g/mol. The maximum atomic E-state index is 11.9. The number of ether oxygens (including phenoxy) is 1. The smallest absolute Gasteiger partial charge is 0.313 e. The van der Waals surface area contributed by atoms with Crippen LogP contribution in [0.3, 0.4) is 0 Å². The van der Waals surface area contributed by atoms with Crippen molar-refractivity contribution >= 4 is 34.8 Å². The summed E-state index contributed by atoms with van der Waals surface area (Å²) < 4.78 is 4.99. The van der Waals surface area contributed by atoms with E-state index >= 15 is 0 Å². The summed E-state index contributed by atoms with van der Waals surface area (Å²) in [6.45, 7) is 0.154. The van der Waals surface area contributed by atoms with Crippen LogP contribution in [-0.4, -0.2) is 23.8 Å². The molecule has 2 aromatic rings. The molecule has 0 aliphatic rings. The number of amides is 2. The Morgan fingerprint density at radius 2 is 1.84 bits per heavy atom. The SMILES string of the molecule is COc1cc([N+](=O)[O-])ccc1NC(=O)C(=O)NCc1ccc(Cl)cc1. The molecule has 0 aliphatic carbocycles. The molecule has 0 radical (unpaired) electrons. The monoisotopic (exact) mass is 363 g/mol. The molecule has 2 rings (SSSR count). The minimum Gasteiger partial charge on any atom is -0.494 e. The number of nitro benzene ring substituents is 1. The highest BCUT2D eigenvalue weighted by molar-refractivity contribution is 6.39. The summed E-state index contributed by atoms with van der Waals surface area (Å²) in [5.41, 5.74) is 0.736. The van der Waals surface area contributed by atoms with Gasteiger partial charge >= 0.3 is 11.8 Å². The van der Waals surface area contributed by atoms with Gasteiger partial charge in [-0.1, -0.05) is 23.7 Å². The first-order valence-corrected chi connectivity index (χ1v) is 7.44. The van der Waals surface area contributed by atoms with E-state index in [-0.39, 0.29) is 23.7 Å². The molecule has 0 heterocycles. The molecular formula is C16H14ClN3O5. The third-order valence-corrected chi connectivity index (χ3v) is 3.47. The molecule has 0 unspecified atom stereocenters. The van der Waals surface area contributed by atoms with Crippen LogP contribution >= 0.6 is 11.6 Å². The Hall–Kier alpha value is -3.13. The zero-order valence-corrected chi connectivity index (χ0v) is 13.9. The number of carbonyl (C=O) groups excluding carboxylic acids is 2. The van der Waals surface area contributed by atoms with Crippen LogP contribution in [0, 0.1) is 10.1 Å². The summed E-state index contributed by atoms with van der Waals surface area (Å²) in [5, 5.41) is 16.1. The van der Waals surface area contributed by atoms with Gasteiger partial charge in [-0.15, -0.1) is 0 Å². The molecule has 130 valence electrons. The molecule has 0 spiro atoms. The van der Waals surface area contributed by atoms with Crippen LogP contribution in [0.2, 0.25) is 5.02 Å². The van der Waals surface area contributed by atoms with Crippen LogP contribution in [0.1, 0.15) is 5.56 Å². The molecule has 0 bridgehead atoms. The number of nitrogens with one attached hydrogen (secondary N) is 2. The first kappa shape index (κ1) is 18.2. The second kappa shape index (κ2) is 8.11. The number of benzene rings is 2. The number of hydrogen-bond acceptors (Lipinski definition) is 5. The zero-order valence-electron chi connectivity index (χ0n) is 13.1. The van der Waals surface area contributed by atoms with Crippen molar-refractivity contribution in [2.24, 2.45) is 0 Å². The Kier molecular flexibility index (Phi) is 5.91. The Bertz CT molecular complexity index is 808. The minimum absolute atomic E-state index is 0.0769. The molecule has 2 aromatic carbocycles. The van der Waals surface area contributed by atoms with Crippen molar-refractivity contribution in [2.45, 2.75) is 6.54 Å². The molecule has 9 heteroatoms. The molecule has 0 saturated heterocycles. The predicted molar refractivity (Wildman–Crippen MR) is 91.6 cm³/mol. The Morgan fingerprint density at radius 1 is 1.16 bits per heavy atom. The lowest BCUT2D eigenvalue weighted by atomic mass is 10.2. The van der Waals surface area contributed by atoms with Crippen molar-refractivity contribution in [3.63, 3.8) is 0 Å². The van der Waals surface area contributed by atoms with Gasteiger partial charge in [0.05, 0.1) is 23.8 Å². The van der Waals surface area contributed by atoms with Gasteiger partial charge in [-0.05, 0) is 23.8 Å². The van der Waals surface area contributed by atoms with Crippen molar-refractivity contribution in [3.05, 3.63) is 63.2 Å². The summed E-state index contributed by atoms with van der Waals surface area (Å²) >= 11 is 5.77. The Morgan fingerprint density at radius 3 is 2.44 bits per heavy atom. The van der Waals surface area contributed by atoms with Crippen molar-refractivity contribution < 1.29 is 19.2 Å². The maximum absolute atomic E-state index is 11.9. The van der Waals surface area contributed by atoms with E-state index in [4.69, 9.17) is 16.3 Å². The van der Waals surface area contributed by atoms with E-state index in [1.165, 1.54) is 19.2 Å². The molecule has 0 fully saturated rings. The van der Waals surface area contributed by atoms with Gasteiger partial charge in [0, 0.05) is 17.6 Å². The average Bonchev–Trinajstić information content (AvgIpc) is 2.61. The highest BCUT2D eigenvalue weighted by atomic mass is 35.5. The third kappa shape index (κ3) is 4.92. The topological polar surface area (TPSA) is 111 Å². The summed E-state index contributed by atoms with van der Waals surface area (Å²) in [5.74, 6) is -1.69. The van der Waals surface area contributed by atoms with Crippen LogP contribution in [0.25, 0.3) is 0 Å². The first-order chi connectivity index (χ1) is 11.9. The normalized spacial score (nSPS) is 10.0. The lowest BCUT2D eigenvalue weighted by molar-refractivity contribution is -0.384. The van der Waals surface area contributed by atoms with Gasteiger partial charge in [-0.25, -0.2) is 0 Å². The highest BCUT2D eigenvalue weighted by Crippen LogP contribution is 2.28.